The number of unbranched alkanes of at least 4 members (excludes halogenated alkanes) is 1. The molecule has 1 N–H and O–H groups in total. The van der Waals surface area contributed by atoms with E-state index in [1.54, 1.807) is 0 Å². The Morgan fingerprint density at radius 3 is 2.34 bits per heavy atom. The van der Waals surface area contributed by atoms with Gasteiger partial charge in [-0.3, -0.25) is 9.59 Å². The van der Waals surface area contributed by atoms with Crippen molar-refractivity contribution in [2.45, 2.75) is 84.6 Å². The average molecular weight is 516 g/mol. The van der Waals surface area contributed by atoms with E-state index >= 15 is 0 Å². The van der Waals surface area contributed by atoms with Crippen LogP contribution >= 0.6 is 0 Å². The lowest BCUT2D eigenvalue weighted by Gasteiger charge is -2.29. The van der Waals surface area contributed by atoms with Crippen molar-refractivity contribution in [2.75, 3.05) is 19.6 Å². The normalized spacial score (nSPS) is 14.2. The minimum Gasteiger partial charge on any atom is -0.361 e. The molecule has 5 nitrogen and oxygen atoms in total. The first-order valence-electron chi connectivity index (χ1n) is 14.5. The number of nitrogens with zero attached hydrogens (tertiary/aromatic N) is 2. The first-order valence-corrected chi connectivity index (χ1v) is 14.5. The predicted molar refractivity (Wildman–Crippen MR) is 156 cm³/mol. The van der Waals surface area contributed by atoms with Gasteiger partial charge in [0.1, 0.15) is 0 Å². The third kappa shape index (κ3) is 7.06. The lowest BCUT2D eigenvalue weighted by molar-refractivity contribution is -0.143. The van der Waals surface area contributed by atoms with Crippen LogP contribution in [0.15, 0.2) is 54.7 Å². The summed E-state index contributed by atoms with van der Waals surface area (Å²) in [5, 5.41) is 1.20. The maximum absolute atomic E-state index is 13.8. The van der Waals surface area contributed by atoms with Crippen molar-refractivity contribution in [3.8, 4) is 0 Å². The first kappa shape index (κ1) is 27.9. The fraction of sp³-hybridized carbons (Fsp3) is 0.515. The molecular formula is C33H45N3O2. The second-order valence-corrected chi connectivity index (χ2v) is 12.0. The van der Waals surface area contributed by atoms with Gasteiger partial charge >= 0.3 is 0 Å². The molecule has 38 heavy (non-hydrogen) atoms. The molecule has 5 heteroatoms. The van der Waals surface area contributed by atoms with E-state index in [1.165, 1.54) is 16.5 Å². The van der Waals surface area contributed by atoms with E-state index in [2.05, 4.69) is 81.3 Å². The summed E-state index contributed by atoms with van der Waals surface area (Å²) in [6, 6.07) is 16.9. The van der Waals surface area contributed by atoms with Gasteiger partial charge in [-0.2, -0.15) is 0 Å². The standard InChI is InChI=1S/C33H45N3O2/c1-5-6-20-36(32(38)26-11-7-8-12-26)24-31(37)35(23-25-15-17-28(18-16-25)33(2,3)4)21-19-27-22-34-30-14-10-9-13-29(27)30/h9-10,13-18,22,26,34H,5-8,11-12,19-21,23-24H2,1-4H3. The van der Waals surface area contributed by atoms with Crippen molar-refractivity contribution >= 4 is 22.7 Å². The lowest BCUT2D eigenvalue weighted by Crippen LogP contribution is -2.45. The Kier molecular flexibility index (Phi) is 9.30. The number of amides is 2. The summed E-state index contributed by atoms with van der Waals surface area (Å²) in [7, 11) is 0. The lowest BCUT2D eigenvalue weighted by atomic mass is 9.87. The molecule has 1 heterocycles. The summed E-state index contributed by atoms with van der Waals surface area (Å²) in [5.41, 5.74) is 4.82. The minimum absolute atomic E-state index is 0.0344. The highest BCUT2D eigenvalue weighted by Gasteiger charge is 2.29. The number of carbonyl (C=O) groups is 2. The van der Waals surface area contributed by atoms with Crippen molar-refractivity contribution in [1.82, 2.24) is 14.8 Å². The maximum atomic E-state index is 13.8. The number of rotatable bonds is 11. The van der Waals surface area contributed by atoms with Gasteiger partial charge in [0.05, 0.1) is 6.54 Å². The Morgan fingerprint density at radius 1 is 0.947 bits per heavy atom. The monoisotopic (exact) mass is 515 g/mol. The number of H-pyrrole nitrogens is 1. The third-order valence-corrected chi connectivity index (χ3v) is 8.00. The van der Waals surface area contributed by atoms with Gasteiger partial charge in [0.15, 0.2) is 0 Å². The van der Waals surface area contributed by atoms with Crippen LogP contribution in [-0.2, 0) is 28.0 Å². The Bertz CT molecular complexity index is 1200. The van der Waals surface area contributed by atoms with E-state index in [-0.39, 0.29) is 29.7 Å². The molecule has 1 aliphatic carbocycles. The summed E-state index contributed by atoms with van der Waals surface area (Å²) in [4.78, 5) is 34.3. The first-order chi connectivity index (χ1) is 18.3. The molecule has 1 fully saturated rings. The zero-order chi connectivity index (χ0) is 27.1. The molecule has 4 rings (SSSR count). The fourth-order valence-electron chi connectivity index (χ4n) is 5.53. The van der Waals surface area contributed by atoms with Gasteiger partial charge in [0.25, 0.3) is 0 Å². The van der Waals surface area contributed by atoms with E-state index in [9.17, 15) is 9.59 Å². The SMILES string of the molecule is CCCCN(CC(=O)N(CCc1c[nH]c2ccccc12)Cc1ccc(C(C)(C)C)cc1)C(=O)C1CCCC1. The van der Waals surface area contributed by atoms with Crippen LogP contribution in [-0.4, -0.2) is 46.2 Å². The van der Waals surface area contributed by atoms with E-state index in [0.29, 0.717) is 19.6 Å². The molecular weight excluding hydrogens is 470 g/mol. The van der Waals surface area contributed by atoms with E-state index < -0.39 is 0 Å². The van der Waals surface area contributed by atoms with E-state index in [4.69, 9.17) is 0 Å². The molecule has 0 bridgehead atoms. The van der Waals surface area contributed by atoms with Crippen molar-refractivity contribution < 1.29 is 9.59 Å². The fourth-order valence-corrected chi connectivity index (χ4v) is 5.53. The second kappa shape index (κ2) is 12.6. The number of para-hydroxylation sites is 1. The number of fused-ring (bicyclic) bond motifs is 1. The minimum atomic E-state index is 0.0344. The molecule has 0 atom stereocenters. The molecule has 0 radical (unpaired) electrons. The number of hydrogen-bond acceptors (Lipinski definition) is 2. The highest BCUT2D eigenvalue weighted by Crippen LogP contribution is 2.27. The Hall–Kier alpha value is -3.08. The topological polar surface area (TPSA) is 56.4 Å². The molecule has 1 aliphatic rings. The number of benzene rings is 2. The zero-order valence-corrected chi connectivity index (χ0v) is 23.8. The van der Waals surface area contributed by atoms with Crippen molar-refractivity contribution in [1.29, 1.82) is 0 Å². The van der Waals surface area contributed by atoms with Crippen LogP contribution in [0.1, 0.15) is 82.9 Å². The molecule has 0 aliphatic heterocycles. The zero-order valence-electron chi connectivity index (χ0n) is 23.8. The largest absolute Gasteiger partial charge is 0.361 e. The molecule has 0 saturated heterocycles. The summed E-state index contributed by atoms with van der Waals surface area (Å²) < 4.78 is 0. The smallest absolute Gasteiger partial charge is 0.242 e. The van der Waals surface area contributed by atoms with E-state index in [0.717, 1.165) is 56.0 Å². The molecule has 3 aromatic rings. The number of nitrogens with one attached hydrogen (secondary N) is 1. The number of carbonyl (C=O) groups excluding carboxylic acids is 2. The highest BCUT2D eigenvalue weighted by atomic mass is 16.2. The van der Waals surface area contributed by atoms with Crippen LogP contribution in [0.5, 0.6) is 0 Å². The van der Waals surface area contributed by atoms with Gasteiger partial charge in [0, 0.05) is 42.7 Å². The van der Waals surface area contributed by atoms with Crippen LogP contribution in [0.3, 0.4) is 0 Å². The Morgan fingerprint density at radius 2 is 1.66 bits per heavy atom. The molecule has 2 aromatic carbocycles. The predicted octanol–water partition coefficient (Wildman–Crippen LogP) is 6.86. The Balaban J connectivity index is 1.52. The van der Waals surface area contributed by atoms with Gasteiger partial charge in [-0.25, -0.2) is 0 Å². The van der Waals surface area contributed by atoms with Gasteiger partial charge in [0.2, 0.25) is 11.8 Å². The second-order valence-electron chi connectivity index (χ2n) is 12.0. The third-order valence-electron chi connectivity index (χ3n) is 8.00. The van der Waals surface area contributed by atoms with Crippen molar-refractivity contribution in [3.05, 3.63) is 71.4 Å². The summed E-state index contributed by atoms with van der Waals surface area (Å²) in [5.74, 6) is 0.298. The summed E-state index contributed by atoms with van der Waals surface area (Å²) in [6.45, 7) is 10.8. The molecule has 1 aromatic heterocycles. The number of hydrogen-bond donors (Lipinski definition) is 1. The van der Waals surface area contributed by atoms with Crippen LogP contribution in [0.4, 0.5) is 0 Å². The molecule has 2 amide bonds. The van der Waals surface area contributed by atoms with E-state index in [1.807, 2.05) is 15.9 Å². The molecule has 0 spiro atoms. The van der Waals surface area contributed by atoms with Crippen molar-refractivity contribution in [3.63, 3.8) is 0 Å². The Labute approximate surface area is 228 Å². The average Bonchev–Trinajstić information content (AvgIpc) is 3.59. The van der Waals surface area contributed by atoms with Crippen LogP contribution in [0.2, 0.25) is 0 Å². The van der Waals surface area contributed by atoms with Gasteiger partial charge < -0.3 is 14.8 Å². The summed E-state index contributed by atoms with van der Waals surface area (Å²) in [6.07, 6.45) is 8.91. The number of aromatic nitrogens is 1. The molecule has 1 saturated carbocycles. The van der Waals surface area contributed by atoms with Gasteiger partial charge in [-0.1, -0.05) is 89.4 Å². The summed E-state index contributed by atoms with van der Waals surface area (Å²) >= 11 is 0. The molecule has 204 valence electrons. The van der Waals surface area contributed by atoms with Gasteiger partial charge in [-0.15, -0.1) is 0 Å². The van der Waals surface area contributed by atoms with Crippen LogP contribution in [0, 0.1) is 5.92 Å². The molecule has 0 unspecified atom stereocenters. The van der Waals surface area contributed by atoms with Crippen LogP contribution < -0.4 is 0 Å². The number of aromatic amines is 1. The quantitative estimate of drug-likeness (QED) is 0.303. The van der Waals surface area contributed by atoms with Gasteiger partial charge in [-0.05, 0) is 53.9 Å². The van der Waals surface area contributed by atoms with Crippen LogP contribution in [0.25, 0.3) is 10.9 Å². The maximum Gasteiger partial charge on any atom is 0.242 e. The van der Waals surface area contributed by atoms with Crippen molar-refractivity contribution in [2.24, 2.45) is 5.92 Å². The highest BCUT2D eigenvalue weighted by molar-refractivity contribution is 5.86.